The van der Waals surface area contributed by atoms with Gasteiger partial charge in [0.25, 0.3) is 0 Å². The summed E-state index contributed by atoms with van der Waals surface area (Å²) in [4.78, 5) is 4.01. The summed E-state index contributed by atoms with van der Waals surface area (Å²) in [6, 6.07) is 0. The lowest BCUT2D eigenvalue weighted by Gasteiger charge is -2.38. The molecule has 1 aliphatic heterocycles. The number of rotatable bonds is 1. The van der Waals surface area contributed by atoms with E-state index in [4.69, 9.17) is 0 Å². The zero-order valence-electron chi connectivity index (χ0n) is 8.65. The molecular formula is C7H9F6NOS2. The molecule has 17 heavy (non-hydrogen) atoms. The van der Waals surface area contributed by atoms with E-state index in [1.54, 1.807) is 0 Å². The molecule has 1 rings (SSSR count). The third kappa shape index (κ3) is 2.13. The van der Waals surface area contributed by atoms with Crippen molar-refractivity contribution < 1.29 is 31.2 Å². The molecule has 0 amide bonds. The number of hydrogen-bond acceptors (Lipinski definition) is 4. The zero-order valence-corrected chi connectivity index (χ0v) is 10.3. The Labute approximate surface area is 101 Å². The maximum Gasteiger partial charge on any atom is 0.415 e. The van der Waals surface area contributed by atoms with Crippen LogP contribution in [0.2, 0.25) is 0 Å². The molecule has 1 heterocycles. The Balaban J connectivity index is 3.37. The molecule has 0 radical (unpaired) electrons. The number of alkyl halides is 6. The molecule has 102 valence electrons. The van der Waals surface area contributed by atoms with Crippen LogP contribution in [0, 0.1) is 0 Å². The average Bonchev–Trinajstić information content (AvgIpc) is 2.34. The fraction of sp³-hybridized carbons (Fsp3) is 1.00. The van der Waals surface area contributed by atoms with Gasteiger partial charge in [-0.25, -0.2) is 5.90 Å². The highest BCUT2D eigenvalue weighted by Gasteiger charge is 2.81. The second kappa shape index (κ2) is 4.10. The molecule has 0 bridgehead atoms. The summed E-state index contributed by atoms with van der Waals surface area (Å²) in [7, 11) is 0.170. The Morgan fingerprint density at radius 3 is 1.65 bits per heavy atom. The monoisotopic (exact) mass is 301 g/mol. The Morgan fingerprint density at radius 2 is 1.41 bits per heavy atom. The van der Waals surface area contributed by atoms with Crippen LogP contribution in [-0.2, 0) is 4.84 Å². The second-order valence-corrected chi connectivity index (χ2v) is 7.05. The first-order chi connectivity index (χ1) is 7.40. The first-order valence-corrected chi connectivity index (χ1v) is 6.41. The number of hydrogen-bond donors (Lipinski definition) is 1. The van der Waals surface area contributed by atoms with Crippen LogP contribution in [-0.4, -0.2) is 28.0 Å². The van der Waals surface area contributed by atoms with Gasteiger partial charge in [0.2, 0.25) is 4.75 Å². The minimum absolute atomic E-state index is 0.295. The standard InChI is InChI=1S/C7H9F6NOS2/c1-4(2)3(15-14)5(17-16-4,6(8,9)10)7(11,12)13/h3H,14H2,1-2H3. The van der Waals surface area contributed by atoms with Crippen molar-refractivity contribution in [3.63, 3.8) is 0 Å². The van der Waals surface area contributed by atoms with Crippen LogP contribution in [0.1, 0.15) is 13.8 Å². The van der Waals surface area contributed by atoms with Crippen molar-refractivity contribution in [2.24, 2.45) is 5.90 Å². The Bertz CT molecular complexity index is 288. The van der Waals surface area contributed by atoms with Crippen molar-refractivity contribution in [3.8, 4) is 0 Å². The quantitative estimate of drug-likeness (QED) is 0.458. The van der Waals surface area contributed by atoms with Crippen LogP contribution >= 0.6 is 21.6 Å². The van der Waals surface area contributed by atoms with Gasteiger partial charge in [0.15, 0.2) is 0 Å². The van der Waals surface area contributed by atoms with E-state index in [1.165, 1.54) is 13.8 Å². The highest BCUT2D eigenvalue weighted by atomic mass is 33.1. The van der Waals surface area contributed by atoms with Gasteiger partial charge >= 0.3 is 12.4 Å². The summed E-state index contributed by atoms with van der Waals surface area (Å²) in [6.45, 7) is 2.45. The topological polar surface area (TPSA) is 35.2 Å². The van der Waals surface area contributed by atoms with Crippen LogP contribution in [0.3, 0.4) is 0 Å². The van der Waals surface area contributed by atoms with Gasteiger partial charge in [-0.1, -0.05) is 21.6 Å². The van der Waals surface area contributed by atoms with Crippen molar-refractivity contribution in [1.82, 2.24) is 0 Å². The smallest absolute Gasteiger partial charge is 0.298 e. The van der Waals surface area contributed by atoms with Crippen molar-refractivity contribution in [1.29, 1.82) is 0 Å². The van der Waals surface area contributed by atoms with Gasteiger partial charge in [-0.3, -0.25) is 4.84 Å². The predicted molar refractivity (Wildman–Crippen MR) is 53.2 cm³/mol. The lowest BCUT2D eigenvalue weighted by Crippen LogP contribution is -2.64. The molecule has 1 unspecified atom stereocenters. The summed E-state index contributed by atoms with van der Waals surface area (Å²) < 4.78 is 71.4. The Hall–Kier alpha value is 0.200. The van der Waals surface area contributed by atoms with Gasteiger partial charge in [0, 0.05) is 0 Å². The largest absolute Gasteiger partial charge is 0.415 e. The molecule has 0 aromatic carbocycles. The molecule has 1 aliphatic rings. The third-order valence-corrected chi connectivity index (χ3v) is 6.36. The molecule has 0 spiro atoms. The van der Waals surface area contributed by atoms with Crippen molar-refractivity contribution >= 4 is 21.6 Å². The Morgan fingerprint density at radius 1 is 1.00 bits per heavy atom. The molecule has 2 N–H and O–H groups in total. The third-order valence-electron chi connectivity index (χ3n) is 2.37. The van der Waals surface area contributed by atoms with Crippen LogP contribution in [0.5, 0.6) is 0 Å². The molecule has 0 aromatic rings. The molecule has 1 fully saturated rings. The van der Waals surface area contributed by atoms with Crippen molar-refractivity contribution in [2.45, 2.75) is 41.8 Å². The minimum atomic E-state index is -5.50. The maximum atomic E-state index is 12.8. The van der Waals surface area contributed by atoms with E-state index >= 15 is 0 Å². The minimum Gasteiger partial charge on any atom is -0.298 e. The van der Waals surface area contributed by atoms with E-state index in [0.29, 0.717) is 10.8 Å². The normalized spacial score (nSPS) is 28.4. The zero-order chi connectivity index (χ0) is 13.7. The van der Waals surface area contributed by atoms with Gasteiger partial charge in [-0.05, 0) is 13.8 Å². The van der Waals surface area contributed by atoms with Crippen molar-refractivity contribution in [3.05, 3.63) is 0 Å². The molecule has 1 saturated heterocycles. The fourth-order valence-electron chi connectivity index (χ4n) is 1.56. The lowest BCUT2D eigenvalue weighted by atomic mass is 9.90. The van der Waals surface area contributed by atoms with Crippen molar-refractivity contribution in [2.75, 3.05) is 0 Å². The molecule has 0 saturated carbocycles. The molecular weight excluding hydrogens is 292 g/mol. The van der Waals surface area contributed by atoms with Gasteiger partial charge in [0.1, 0.15) is 6.10 Å². The fourth-order valence-corrected chi connectivity index (χ4v) is 5.06. The maximum absolute atomic E-state index is 12.8. The molecule has 10 heteroatoms. The summed E-state index contributed by atoms with van der Waals surface area (Å²) in [5.74, 6) is 4.65. The van der Waals surface area contributed by atoms with Gasteiger partial charge in [-0.15, -0.1) is 0 Å². The summed E-state index contributed by atoms with van der Waals surface area (Å²) in [5.41, 5.74) is 0. The van der Waals surface area contributed by atoms with Gasteiger partial charge in [-0.2, -0.15) is 26.3 Å². The van der Waals surface area contributed by atoms with E-state index in [0.717, 1.165) is 0 Å². The Kier molecular flexibility index (Phi) is 3.68. The van der Waals surface area contributed by atoms with Gasteiger partial charge in [0.05, 0.1) is 4.75 Å². The SMILES string of the molecule is CC1(C)SSC(C(F)(F)F)(C(F)(F)F)C1ON. The van der Waals surface area contributed by atoms with E-state index in [2.05, 4.69) is 10.7 Å². The number of halogens is 6. The second-order valence-electron chi connectivity index (χ2n) is 4.02. The average molecular weight is 301 g/mol. The summed E-state index contributed by atoms with van der Waals surface area (Å²) >= 11 is 0. The lowest BCUT2D eigenvalue weighted by molar-refractivity contribution is -0.291. The van der Waals surface area contributed by atoms with Crippen LogP contribution in [0.4, 0.5) is 26.3 Å². The van der Waals surface area contributed by atoms with E-state index in [-0.39, 0.29) is 10.8 Å². The number of nitrogens with two attached hydrogens (primary N) is 1. The van der Waals surface area contributed by atoms with Gasteiger partial charge < -0.3 is 0 Å². The molecule has 0 aromatic heterocycles. The first kappa shape index (κ1) is 15.3. The van der Waals surface area contributed by atoms with E-state index < -0.39 is 28.0 Å². The highest BCUT2D eigenvalue weighted by Crippen LogP contribution is 2.68. The highest BCUT2D eigenvalue weighted by molar-refractivity contribution is 8.78. The van der Waals surface area contributed by atoms with Crippen LogP contribution < -0.4 is 5.90 Å². The summed E-state index contributed by atoms with van der Waals surface area (Å²) in [5, 5.41) is 0. The van der Waals surface area contributed by atoms with Crippen LogP contribution in [0.15, 0.2) is 0 Å². The van der Waals surface area contributed by atoms with E-state index in [1.807, 2.05) is 0 Å². The van der Waals surface area contributed by atoms with Crippen LogP contribution in [0.25, 0.3) is 0 Å². The summed E-state index contributed by atoms with van der Waals surface area (Å²) in [6.07, 6.45) is -13.2. The predicted octanol–water partition coefficient (Wildman–Crippen LogP) is 3.28. The molecule has 2 nitrogen and oxygen atoms in total. The first-order valence-electron chi connectivity index (χ1n) is 4.26. The molecule has 0 aliphatic carbocycles. The van der Waals surface area contributed by atoms with E-state index in [9.17, 15) is 26.3 Å². The molecule has 1 atom stereocenters.